The van der Waals surface area contributed by atoms with Gasteiger partial charge in [-0.15, -0.1) is 0 Å². The minimum absolute atomic E-state index is 0.763. The van der Waals surface area contributed by atoms with Gasteiger partial charge in [0.25, 0.3) is 0 Å². The molecule has 0 aliphatic heterocycles. The molecule has 1 aromatic carbocycles. The number of rotatable bonds is 7. The normalized spacial score (nSPS) is 12.7. The molecule has 0 bridgehead atoms. The lowest BCUT2D eigenvalue weighted by molar-refractivity contribution is 0.484. The number of benzene rings is 1. The molecular formula is C14H23NS. The highest BCUT2D eigenvalue weighted by atomic mass is 32.2. The zero-order chi connectivity index (χ0) is 11.8. The monoisotopic (exact) mass is 237 g/mol. The Morgan fingerprint density at radius 3 is 2.69 bits per heavy atom. The maximum atomic E-state index is 3.31. The van der Waals surface area contributed by atoms with Gasteiger partial charge in [-0.2, -0.15) is 11.8 Å². The van der Waals surface area contributed by atoms with Gasteiger partial charge in [0, 0.05) is 0 Å². The molecular weight excluding hydrogens is 214 g/mol. The zero-order valence-electron chi connectivity index (χ0n) is 10.6. The van der Waals surface area contributed by atoms with Crippen LogP contribution < -0.4 is 5.32 Å². The van der Waals surface area contributed by atoms with E-state index < -0.39 is 0 Å². The van der Waals surface area contributed by atoms with Crippen LogP contribution in [-0.4, -0.2) is 25.6 Å². The van der Waals surface area contributed by atoms with E-state index in [4.69, 9.17) is 0 Å². The van der Waals surface area contributed by atoms with Crippen molar-refractivity contribution < 1.29 is 0 Å². The molecule has 0 saturated heterocycles. The van der Waals surface area contributed by atoms with Crippen LogP contribution in [0.15, 0.2) is 24.3 Å². The van der Waals surface area contributed by atoms with E-state index in [1.54, 1.807) is 0 Å². The van der Waals surface area contributed by atoms with Gasteiger partial charge >= 0.3 is 0 Å². The van der Waals surface area contributed by atoms with Gasteiger partial charge in [-0.05, 0) is 62.4 Å². The van der Waals surface area contributed by atoms with Crippen LogP contribution in [0.25, 0.3) is 0 Å². The Morgan fingerprint density at radius 2 is 2.06 bits per heavy atom. The Morgan fingerprint density at radius 1 is 1.31 bits per heavy atom. The molecule has 16 heavy (non-hydrogen) atoms. The van der Waals surface area contributed by atoms with Gasteiger partial charge in [0.1, 0.15) is 0 Å². The van der Waals surface area contributed by atoms with Gasteiger partial charge < -0.3 is 5.32 Å². The van der Waals surface area contributed by atoms with E-state index in [1.807, 2.05) is 18.8 Å². The maximum absolute atomic E-state index is 3.31. The Bertz CT molecular complexity index is 299. The summed E-state index contributed by atoms with van der Waals surface area (Å²) in [6.07, 6.45) is 4.69. The fraction of sp³-hybridized carbons (Fsp3) is 0.571. The number of nitrogens with one attached hydrogen (secondary N) is 1. The third-order valence-corrected chi connectivity index (χ3v) is 3.64. The van der Waals surface area contributed by atoms with Crippen molar-refractivity contribution >= 4 is 11.8 Å². The Balaban J connectivity index is 2.56. The highest BCUT2D eigenvalue weighted by molar-refractivity contribution is 7.98. The van der Waals surface area contributed by atoms with E-state index in [-0.39, 0.29) is 0 Å². The van der Waals surface area contributed by atoms with Crippen molar-refractivity contribution in [2.24, 2.45) is 5.92 Å². The molecule has 0 heterocycles. The minimum Gasteiger partial charge on any atom is -0.319 e. The molecule has 0 radical (unpaired) electrons. The number of hydrogen-bond donors (Lipinski definition) is 1. The summed E-state index contributed by atoms with van der Waals surface area (Å²) in [4.78, 5) is 0. The molecule has 1 atom stereocenters. The summed E-state index contributed by atoms with van der Waals surface area (Å²) in [7, 11) is 2.05. The van der Waals surface area contributed by atoms with Crippen molar-refractivity contribution in [3.8, 4) is 0 Å². The quantitative estimate of drug-likeness (QED) is 0.782. The minimum atomic E-state index is 0.763. The van der Waals surface area contributed by atoms with E-state index in [9.17, 15) is 0 Å². The van der Waals surface area contributed by atoms with Gasteiger partial charge in [-0.3, -0.25) is 0 Å². The fourth-order valence-corrected chi connectivity index (χ4v) is 2.57. The second kappa shape index (κ2) is 7.75. The second-order valence-electron chi connectivity index (χ2n) is 4.34. The smallest absolute Gasteiger partial charge is 0.00200 e. The van der Waals surface area contributed by atoms with Crippen molar-refractivity contribution in [3.63, 3.8) is 0 Å². The Hall–Kier alpha value is -0.470. The van der Waals surface area contributed by atoms with E-state index in [2.05, 4.69) is 42.8 Å². The summed E-state index contributed by atoms with van der Waals surface area (Å²) in [5.74, 6) is 2.02. The lowest BCUT2D eigenvalue weighted by Gasteiger charge is -2.17. The van der Waals surface area contributed by atoms with E-state index in [0.717, 1.165) is 12.5 Å². The fourth-order valence-electron chi connectivity index (χ4n) is 2.00. The molecule has 1 aromatic rings. The van der Waals surface area contributed by atoms with Crippen molar-refractivity contribution in [1.82, 2.24) is 5.32 Å². The van der Waals surface area contributed by atoms with Crippen molar-refractivity contribution in [3.05, 3.63) is 35.4 Å². The molecule has 1 rings (SSSR count). The van der Waals surface area contributed by atoms with Crippen LogP contribution >= 0.6 is 11.8 Å². The third-order valence-electron chi connectivity index (χ3n) is 2.99. The molecule has 0 aromatic heterocycles. The maximum Gasteiger partial charge on any atom is -0.00200 e. The molecule has 1 N–H and O–H groups in total. The van der Waals surface area contributed by atoms with Gasteiger partial charge in [0.15, 0.2) is 0 Å². The standard InChI is InChI=1S/C14H23NS/c1-12-6-4-5-7-14(12)10-13(11-15-2)8-9-16-3/h4-7,13,15H,8-11H2,1-3H3. The summed E-state index contributed by atoms with van der Waals surface area (Å²) in [5, 5.41) is 3.31. The summed E-state index contributed by atoms with van der Waals surface area (Å²) in [6, 6.07) is 8.73. The van der Waals surface area contributed by atoms with Gasteiger partial charge in [0.2, 0.25) is 0 Å². The average Bonchev–Trinajstić information content (AvgIpc) is 2.29. The predicted octanol–water partition coefficient (Wildman–Crippen LogP) is 3.13. The van der Waals surface area contributed by atoms with Crippen molar-refractivity contribution in [2.75, 3.05) is 25.6 Å². The SMILES string of the molecule is CNCC(CCSC)Cc1ccccc1C. The summed E-state index contributed by atoms with van der Waals surface area (Å²) in [6.45, 7) is 3.33. The summed E-state index contributed by atoms with van der Waals surface area (Å²) < 4.78 is 0. The largest absolute Gasteiger partial charge is 0.319 e. The topological polar surface area (TPSA) is 12.0 Å². The molecule has 0 spiro atoms. The van der Waals surface area contributed by atoms with Crippen LogP contribution in [0, 0.1) is 12.8 Å². The molecule has 0 aliphatic carbocycles. The lowest BCUT2D eigenvalue weighted by Crippen LogP contribution is -2.21. The van der Waals surface area contributed by atoms with E-state index in [0.29, 0.717) is 0 Å². The highest BCUT2D eigenvalue weighted by Crippen LogP contribution is 2.16. The van der Waals surface area contributed by atoms with Crippen LogP contribution in [0.5, 0.6) is 0 Å². The molecule has 1 nitrogen and oxygen atoms in total. The van der Waals surface area contributed by atoms with E-state index in [1.165, 1.54) is 29.7 Å². The third kappa shape index (κ3) is 4.58. The average molecular weight is 237 g/mol. The lowest BCUT2D eigenvalue weighted by atomic mass is 9.94. The van der Waals surface area contributed by atoms with Crippen LogP contribution in [0.1, 0.15) is 17.5 Å². The molecule has 1 unspecified atom stereocenters. The summed E-state index contributed by atoms with van der Waals surface area (Å²) in [5.41, 5.74) is 2.93. The molecule has 0 amide bonds. The van der Waals surface area contributed by atoms with Crippen molar-refractivity contribution in [1.29, 1.82) is 0 Å². The van der Waals surface area contributed by atoms with Crippen LogP contribution in [-0.2, 0) is 6.42 Å². The molecule has 2 heteroatoms. The highest BCUT2D eigenvalue weighted by Gasteiger charge is 2.09. The predicted molar refractivity (Wildman–Crippen MR) is 75.3 cm³/mol. The second-order valence-corrected chi connectivity index (χ2v) is 5.32. The summed E-state index contributed by atoms with van der Waals surface area (Å²) >= 11 is 1.94. The van der Waals surface area contributed by atoms with Crippen molar-refractivity contribution in [2.45, 2.75) is 19.8 Å². The first-order valence-corrected chi connectivity index (χ1v) is 7.35. The number of aryl methyl sites for hydroxylation is 1. The first-order valence-electron chi connectivity index (χ1n) is 5.96. The zero-order valence-corrected chi connectivity index (χ0v) is 11.4. The number of hydrogen-bond acceptors (Lipinski definition) is 2. The van der Waals surface area contributed by atoms with Crippen LogP contribution in [0.4, 0.5) is 0 Å². The van der Waals surface area contributed by atoms with Gasteiger partial charge in [0.05, 0.1) is 0 Å². The van der Waals surface area contributed by atoms with Crippen LogP contribution in [0.2, 0.25) is 0 Å². The van der Waals surface area contributed by atoms with Gasteiger partial charge in [-0.1, -0.05) is 24.3 Å². The molecule has 0 saturated carbocycles. The first kappa shape index (κ1) is 13.6. The van der Waals surface area contributed by atoms with E-state index >= 15 is 0 Å². The Labute approximate surface area is 104 Å². The molecule has 0 aliphatic rings. The van der Waals surface area contributed by atoms with Crippen LogP contribution in [0.3, 0.4) is 0 Å². The molecule has 0 fully saturated rings. The number of thioether (sulfide) groups is 1. The molecule has 90 valence electrons. The first-order chi connectivity index (χ1) is 7.77. The Kier molecular flexibility index (Phi) is 6.58. The van der Waals surface area contributed by atoms with Gasteiger partial charge in [-0.25, -0.2) is 0 Å².